The summed E-state index contributed by atoms with van der Waals surface area (Å²) < 4.78 is 13.1. The lowest BCUT2D eigenvalue weighted by Gasteiger charge is -2.38. The first-order chi connectivity index (χ1) is 13.7. The first-order valence-electron chi connectivity index (χ1n) is 9.31. The molecule has 2 aromatic carbocycles. The Morgan fingerprint density at radius 2 is 2.07 bits per heavy atom. The van der Waals surface area contributed by atoms with E-state index in [0.717, 1.165) is 33.7 Å². The van der Waals surface area contributed by atoms with E-state index < -0.39 is 0 Å². The Labute approximate surface area is 176 Å². The Bertz CT molecular complexity index is 1020. The third kappa shape index (κ3) is 3.10. The predicted molar refractivity (Wildman–Crippen MR) is 115 cm³/mol. The van der Waals surface area contributed by atoms with Crippen LogP contribution in [0.5, 0.6) is 11.5 Å². The molecule has 28 heavy (non-hydrogen) atoms. The minimum atomic E-state index is -0.258. The van der Waals surface area contributed by atoms with Gasteiger partial charge in [-0.3, -0.25) is 0 Å². The van der Waals surface area contributed by atoms with Gasteiger partial charge in [0.1, 0.15) is 11.5 Å². The maximum Gasteiger partial charge on any atom is 0.213 e. The van der Waals surface area contributed by atoms with Crippen molar-refractivity contribution < 1.29 is 9.47 Å². The third-order valence-electron chi connectivity index (χ3n) is 5.03. The number of fused-ring (bicyclic) bond motifs is 3. The van der Waals surface area contributed by atoms with Crippen molar-refractivity contribution in [3.63, 3.8) is 0 Å². The van der Waals surface area contributed by atoms with E-state index in [9.17, 15) is 0 Å². The molecule has 0 spiro atoms. The Morgan fingerprint density at radius 3 is 2.82 bits per heavy atom. The van der Waals surface area contributed by atoms with E-state index in [0.29, 0.717) is 6.61 Å². The van der Waals surface area contributed by atoms with Gasteiger partial charge in [0.2, 0.25) is 6.23 Å². The molecule has 0 saturated carbocycles. The topological polar surface area (TPSA) is 34.1 Å². The van der Waals surface area contributed by atoms with Crippen molar-refractivity contribution in [2.75, 3.05) is 6.61 Å². The number of ether oxygens (including phenoxy) is 2. The average Bonchev–Trinajstić information content (AvgIpc) is 3.38. The molecule has 0 radical (unpaired) electrons. The van der Waals surface area contributed by atoms with Gasteiger partial charge in [-0.05, 0) is 60.8 Å². The number of nitrogens with zero attached hydrogens (tertiary/aromatic N) is 2. The van der Waals surface area contributed by atoms with Gasteiger partial charge in [0.25, 0.3) is 0 Å². The highest BCUT2D eigenvalue weighted by molar-refractivity contribution is 9.10. The number of hydrogen-bond acceptors (Lipinski definition) is 5. The number of thiophene rings is 1. The lowest BCUT2D eigenvalue weighted by molar-refractivity contribution is -0.0191. The molecule has 0 amide bonds. The molecular formula is C22H19BrN2O2S. The van der Waals surface area contributed by atoms with Crippen LogP contribution in [0.3, 0.4) is 0 Å². The van der Waals surface area contributed by atoms with Gasteiger partial charge in [0, 0.05) is 22.0 Å². The Balaban J connectivity index is 1.55. The Kier molecular flexibility index (Phi) is 4.61. The highest BCUT2D eigenvalue weighted by Crippen LogP contribution is 2.48. The fourth-order valence-corrected chi connectivity index (χ4v) is 4.86. The molecular weight excluding hydrogens is 436 g/mol. The Hall–Kier alpha value is -2.31. The molecule has 2 aliphatic rings. The summed E-state index contributed by atoms with van der Waals surface area (Å²) in [4.78, 5) is 1.22. The number of rotatable bonds is 4. The molecule has 0 fully saturated rings. The highest BCUT2D eigenvalue weighted by Gasteiger charge is 2.41. The fraction of sp³-hybridized carbons (Fsp3) is 0.227. The molecule has 0 unspecified atom stereocenters. The molecule has 0 aliphatic carbocycles. The van der Waals surface area contributed by atoms with Gasteiger partial charge in [-0.25, -0.2) is 5.01 Å². The number of benzene rings is 2. The molecule has 0 N–H and O–H groups in total. The maximum absolute atomic E-state index is 6.41. The van der Waals surface area contributed by atoms with E-state index >= 15 is 0 Å². The predicted octanol–water partition coefficient (Wildman–Crippen LogP) is 6.15. The zero-order chi connectivity index (χ0) is 19.1. The summed E-state index contributed by atoms with van der Waals surface area (Å²) in [6.07, 6.45) is 0.618. The molecule has 4 nitrogen and oxygen atoms in total. The third-order valence-corrected chi connectivity index (χ3v) is 6.45. The van der Waals surface area contributed by atoms with Gasteiger partial charge in [-0.2, -0.15) is 5.10 Å². The SMILES string of the molecule is CCOc1ccc([C@@H]2Oc3ccc(Br)cc3[C@H]3CC(c4cccs4)=NN32)cc1. The van der Waals surface area contributed by atoms with Crippen LogP contribution in [0, 0.1) is 0 Å². The van der Waals surface area contributed by atoms with Gasteiger partial charge in [0.05, 0.1) is 23.2 Å². The minimum Gasteiger partial charge on any atom is -0.494 e. The van der Waals surface area contributed by atoms with Gasteiger partial charge < -0.3 is 9.47 Å². The van der Waals surface area contributed by atoms with Crippen LogP contribution >= 0.6 is 27.3 Å². The normalized spacial score (nSPS) is 20.2. The lowest BCUT2D eigenvalue weighted by atomic mass is 9.97. The molecule has 6 heteroatoms. The van der Waals surface area contributed by atoms with E-state index in [1.807, 2.05) is 31.2 Å². The summed E-state index contributed by atoms with van der Waals surface area (Å²) in [6, 6.07) is 18.7. The monoisotopic (exact) mass is 454 g/mol. The second-order valence-corrected chi connectivity index (χ2v) is 8.64. The van der Waals surface area contributed by atoms with E-state index in [4.69, 9.17) is 14.6 Å². The summed E-state index contributed by atoms with van der Waals surface area (Å²) in [7, 11) is 0. The largest absolute Gasteiger partial charge is 0.494 e. The summed E-state index contributed by atoms with van der Waals surface area (Å²) in [5, 5.41) is 9.19. The van der Waals surface area contributed by atoms with Crippen LogP contribution < -0.4 is 9.47 Å². The average molecular weight is 455 g/mol. The molecule has 0 bridgehead atoms. The van der Waals surface area contributed by atoms with Gasteiger partial charge in [0.15, 0.2) is 0 Å². The lowest BCUT2D eigenvalue weighted by Crippen LogP contribution is -2.33. The number of halogens is 1. The van der Waals surface area contributed by atoms with Crippen LogP contribution in [-0.4, -0.2) is 17.3 Å². The van der Waals surface area contributed by atoms with Crippen LogP contribution in [0.25, 0.3) is 0 Å². The molecule has 142 valence electrons. The van der Waals surface area contributed by atoms with E-state index in [2.05, 4.69) is 56.7 Å². The van der Waals surface area contributed by atoms with Crippen molar-refractivity contribution in [2.45, 2.75) is 25.6 Å². The van der Waals surface area contributed by atoms with Crippen LogP contribution in [-0.2, 0) is 0 Å². The number of hydrogen-bond donors (Lipinski definition) is 0. The molecule has 3 aromatic rings. The molecule has 2 atom stereocenters. The van der Waals surface area contributed by atoms with E-state index in [-0.39, 0.29) is 12.3 Å². The molecule has 2 aliphatic heterocycles. The van der Waals surface area contributed by atoms with Crippen molar-refractivity contribution in [3.8, 4) is 11.5 Å². The van der Waals surface area contributed by atoms with Gasteiger partial charge in [-0.15, -0.1) is 11.3 Å². The molecule has 3 heterocycles. The zero-order valence-electron chi connectivity index (χ0n) is 15.3. The zero-order valence-corrected chi connectivity index (χ0v) is 17.7. The quantitative estimate of drug-likeness (QED) is 0.473. The maximum atomic E-state index is 6.41. The summed E-state index contributed by atoms with van der Waals surface area (Å²) >= 11 is 5.33. The standard InChI is InChI=1S/C22H19BrN2O2S/c1-2-26-16-8-5-14(6-9-16)22-25-19(13-18(24-25)21-4-3-11-28-21)17-12-15(23)7-10-20(17)27-22/h3-12,19,22H,2,13H2,1H3/t19-,22+/m1/s1. The van der Waals surface area contributed by atoms with Crippen LogP contribution in [0.15, 0.2) is 69.6 Å². The van der Waals surface area contributed by atoms with Crippen LogP contribution in [0.1, 0.15) is 41.6 Å². The second kappa shape index (κ2) is 7.26. The summed E-state index contributed by atoms with van der Waals surface area (Å²) in [5.41, 5.74) is 3.36. The van der Waals surface area contributed by atoms with E-state index in [1.165, 1.54) is 10.4 Å². The van der Waals surface area contributed by atoms with E-state index in [1.54, 1.807) is 11.3 Å². The van der Waals surface area contributed by atoms with Crippen molar-refractivity contribution in [2.24, 2.45) is 5.10 Å². The summed E-state index contributed by atoms with van der Waals surface area (Å²) in [5.74, 6) is 1.79. The second-order valence-electron chi connectivity index (χ2n) is 6.78. The molecule has 0 saturated heterocycles. The van der Waals surface area contributed by atoms with Crippen molar-refractivity contribution >= 4 is 33.0 Å². The summed E-state index contributed by atoms with van der Waals surface area (Å²) in [6.45, 7) is 2.65. The van der Waals surface area contributed by atoms with Gasteiger partial charge in [-0.1, -0.05) is 22.0 Å². The molecule has 1 aromatic heterocycles. The minimum absolute atomic E-state index is 0.162. The number of hydrazone groups is 1. The first-order valence-corrected chi connectivity index (χ1v) is 11.0. The highest BCUT2D eigenvalue weighted by atomic mass is 79.9. The molecule has 5 rings (SSSR count). The first kappa shape index (κ1) is 17.8. The smallest absolute Gasteiger partial charge is 0.213 e. The fourth-order valence-electron chi connectivity index (χ4n) is 3.76. The van der Waals surface area contributed by atoms with Crippen LogP contribution in [0.2, 0.25) is 0 Å². The van der Waals surface area contributed by atoms with Crippen LogP contribution in [0.4, 0.5) is 0 Å². The van der Waals surface area contributed by atoms with Gasteiger partial charge >= 0.3 is 0 Å². The van der Waals surface area contributed by atoms with Crippen molar-refractivity contribution in [1.82, 2.24) is 5.01 Å². The van der Waals surface area contributed by atoms with Crippen molar-refractivity contribution in [1.29, 1.82) is 0 Å². The Morgan fingerprint density at radius 1 is 1.21 bits per heavy atom. The van der Waals surface area contributed by atoms with Crippen molar-refractivity contribution in [3.05, 3.63) is 80.5 Å².